The van der Waals surface area contributed by atoms with Crippen LogP contribution in [0.4, 0.5) is 0 Å². The van der Waals surface area contributed by atoms with Gasteiger partial charge in [0.15, 0.2) is 0 Å². The van der Waals surface area contributed by atoms with E-state index in [9.17, 15) is 9.90 Å². The number of rotatable bonds is 6. The highest BCUT2D eigenvalue weighted by molar-refractivity contribution is 5.97. The van der Waals surface area contributed by atoms with Gasteiger partial charge in [-0.3, -0.25) is 4.79 Å². The van der Waals surface area contributed by atoms with E-state index in [0.29, 0.717) is 12.2 Å². The molecule has 1 unspecified atom stereocenters. The minimum absolute atomic E-state index is 0.0140. The molecular weight excluding hydrogens is 230 g/mol. The van der Waals surface area contributed by atoms with Gasteiger partial charge in [0.1, 0.15) is 5.75 Å². The molecule has 18 heavy (non-hydrogen) atoms. The smallest absolute Gasteiger partial charge is 0.255 e. The standard InChI is InChI=1S/C14H21NO3/c1-4-5-11(9-18-3)15-14(17)12-7-6-10(2)8-13(12)16/h6-8,11,16H,4-5,9H2,1-3H3,(H,15,17). The summed E-state index contributed by atoms with van der Waals surface area (Å²) in [4.78, 5) is 12.0. The number of methoxy groups -OCH3 is 1. The molecule has 0 bridgehead atoms. The van der Waals surface area contributed by atoms with Crippen LogP contribution in [0.1, 0.15) is 35.7 Å². The number of ether oxygens (including phenoxy) is 1. The molecule has 4 heteroatoms. The summed E-state index contributed by atoms with van der Waals surface area (Å²) in [5.74, 6) is -0.247. The van der Waals surface area contributed by atoms with Crippen LogP contribution in [0.15, 0.2) is 18.2 Å². The van der Waals surface area contributed by atoms with Crippen molar-refractivity contribution >= 4 is 5.91 Å². The van der Waals surface area contributed by atoms with Crippen molar-refractivity contribution in [2.75, 3.05) is 13.7 Å². The molecule has 0 saturated carbocycles. The van der Waals surface area contributed by atoms with Crippen molar-refractivity contribution in [3.05, 3.63) is 29.3 Å². The molecule has 2 N–H and O–H groups in total. The van der Waals surface area contributed by atoms with Crippen LogP contribution >= 0.6 is 0 Å². The van der Waals surface area contributed by atoms with Gasteiger partial charge in [0, 0.05) is 7.11 Å². The zero-order chi connectivity index (χ0) is 13.5. The fourth-order valence-electron chi connectivity index (χ4n) is 1.84. The van der Waals surface area contributed by atoms with Gasteiger partial charge in [-0.1, -0.05) is 19.4 Å². The summed E-state index contributed by atoms with van der Waals surface area (Å²) in [5, 5.41) is 12.6. The lowest BCUT2D eigenvalue weighted by Crippen LogP contribution is -2.37. The Kier molecular flexibility index (Phi) is 5.65. The van der Waals surface area contributed by atoms with Crippen molar-refractivity contribution in [1.29, 1.82) is 0 Å². The summed E-state index contributed by atoms with van der Waals surface area (Å²) in [6, 6.07) is 5.00. The first-order chi connectivity index (χ1) is 8.58. The average Bonchev–Trinajstić information content (AvgIpc) is 2.29. The molecule has 0 radical (unpaired) electrons. The maximum absolute atomic E-state index is 12.0. The molecule has 0 aliphatic carbocycles. The minimum atomic E-state index is -0.261. The lowest BCUT2D eigenvalue weighted by Gasteiger charge is -2.17. The third kappa shape index (κ3) is 4.04. The number of benzene rings is 1. The van der Waals surface area contributed by atoms with E-state index < -0.39 is 0 Å². The Morgan fingerprint density at radius 2 is 2.22 bits per heavy atom. The second-order valence-electron chi connectivity index (χ2n) is 4.44. The van der Waals surface area contributed by atoms with E-state index in [0.717, 1.165) is 18.4 Å². The van der Waals surface area contributed by atoms with Gasteiger partial charge < -0.3 is 15.2 Å². The maximum Gasteiger partial charge on any atom is 0.255 e. The Hall–Kier alpha value is -1.55. The van der Waals surface area contributed by atoms with E-state index in [1.54, 1.807) is 25.3 Å². The molecule has 1 rings (SSSR count). The largest absolute Gasteiger partial charge is 0.507 e. The number of nitrogens with one attached hydrogen (secondary N) is 1. The third-order valence-electron chi connectivity index (χ3n) is 2.74. The van der Waals surface area contributed by atoms with Gasteiger partial charge in [0.2, 0.25) is 0 Å². The van der Waals surface area contributed by atoms with Gasteiger partial charge >= 0.3 is 0 Å². The zero-order valence-electron chi connectivity index (χ0n) is 11.2. The number of carbonyl (C=O) groups excluding carboxylic acids is 1. The molecule has 1 aromatic carbocycles. The second kappa shape index (κ2) is 7.01. The van der Waals surface area contributed by atoms with Crippen LogP contribution in [0.3, 0.4) is 0 Å². The molecule has 1 amide bonds. The third-order valence-corrected chi connectivity index (χ3v) is 2.74. The number of phenols is 1. The maximum atomic E-state index is 12.0. The first-order valence-electron chi connectivity index (χ1n) is 6.17. The number of hydrogen-bond donors (Lipinski definition) is 2. The van der Waals surface area contributed by atoms with E-state index in [1.807, 2.05) is 6.92 Å². The zero-order valence-corrected chi connectivity index (χ0v) is 11.2. The fourth-order valence-corrected chi connectivity index (χ4v) is 1.84. The van der Waals surface area contributed by atoms with Crippen molar-refractivity contribution in [3.63, 3.8) is 0 Å². The van der Waals surface area contributed by atoms with Crippen molar-refractivity contribution in [1.82, 2.24) is 5.32 Å². The van der Waals surface area contributed by atoms with Crippen LogP contribution in [-0.4, -0.2) is 30.8 Å². The molecule has 0 aliphatic heterocycles. The summed E-state index contributed by atoms with van der Waals surface area (Å²) >= 11 is 0. The van der Waals surface area contributed by atoms with Crippen LogP contribution in [0.5, 0.6) is 5.75 Å². The van der Waals surface area contributed by atoms with Crippen LogP contribution in [-0.2, 0) is 4.74 Å². The summed E-state index contributed by atoms with van der Waals surface area (Å²) in [6.45, 7) is 4.40. The van der Waals surface area contributed by atoms with Crippen LogP contribution in [0.2, 0.25) is 0 Å². The topological polar surface area (TPSA) is 58.6 Å². The Morgan fingerprint density at radius 3 is 2.78 bits per heavy atom. The second-order valence-corrected chi connectivity index (χ2v) is 4.44. The SMILES string of the molecule is CCCC(COC)NC(=O)c1ccc(C)cc1O. The molecule has 0 aromatic heterocycles. The highest BCUT2D eigenvalue weighted by atomic mass is 16.5. The molecule has 0 heterocycles. The molecule has 1 aromatic rings. The Balaban J connectivity index is 2.73. The number of amides is 1. The lowest BCUT2D eigenvalue weighted by atomic mass is 10.1. The van der Waals surface area contributed by atoms with Crippen LogP contribution in [0, 0.1) is 6.92 Å². The summed E-state index contributed by atoms with van der Waals surface area (Å²) in [7, 11) is 1.61. The van der Waals surface area contributed by atoms with E-state index in [1.165, 1.54) is 0 Å². The molecule has 1 atom stereocenters. The Bertz CT molecular complexity index is 398. The van der Waals surface area contributed by atoms with E-state index in [2.05, 4.69) is 12.2 Å². The number of hydrogen-bond acceptors (Lipinski definition) is 3. The van der Waals surface area contributed by atoms with Gasteiger partial charge in [0.25, 0.3) is 5.91 Å². The fraction of sp³-hybridized carbons (Fsp3) is 0.500. The molecule has 0 saturated heterocycles. The summed E-state index contributed by atoms with van der Waals surface area (Å²) in [5.41, 5.74) is 1.23. The first kappa shape index (κ1) is 14.5. The minimum Gasteiger partial charge on any atom is -0.507 e. The summed E-state index contributed by atoms with van der Waals surface area (Å²) < 4.78 is 5.07. The van der Waals surface area contributed by atoms with Crippen molar-refractivity contribution in [2.24, 2.45) is 0 Å². The van der Waals surface area contributed by atoms with Gasteiger partial charge in [-0.25, -0.2) is 0 Å². The van der Waals surface area contributed by atoms with Crippen LogP contribution in [0.25, 0.3) is 0 Å². The number of phenolic OH excluding ortho intramolecular Hbond substituents is 1. The van der Waals surface area contributed by atoms with Gasteiger partial charge in [-0.05, 0) is 31.0 Å². The molecule has 100 valence electrons. The predicted molar refractivity (Wildman–Crippen MR) is 70.9 cm³/mol. The number of aromatic hydroxyl groups is 1. The Morgan fingerprint density at radius 1 is 1.50 bits per heavy atom. The molecular formula is C14H21NO3. The first-order valence-corrected chi connectivity index (χ1v) is 6.17. The number of aryl methyl sites for hydroxylation is 1. The lowest BCUT2D eigenvalue weighted by molar-refractivity contribution is 0.0889. The van der Waals surface area contributed by atoms with Crippen molar-refractivity contribution < 1.29 is 14.6 Å². The van der Waals surface area contributed by atoms with Crippen molar-refractivity contribution in [3.8, 4) is 5.75 Å². The van der Waals surface area contributed by atoms with Crippen LogP contribution < -0.4 is 5.32 Å². The van der Waals surface area contributed by atoms with E-state index in [4.69, 9.17) is 4.74 Å². The molecule has 0 fully saturated rings. The van der Waals surface area contributed by atoms with Gasteiger partial charge in [0.05, 0.1) is 18.2 Å². The van der Waals surface area contributed by atoms with Crippen molar-refractivity contribution in [2.45, 2.75) is 32.7 Å². The van der Waals surface area contributed by atoms with Gasteiger partial charge in [-0.15, -0.1) is 0 Å². The molecule has 0 aliphatic rings. The number of carbonyl (C=O) groups is 1. The van der Waals surface area contributed by atoms with E-state index >= 15 is 0 Å². The highest BCUT2D eigenvalue weighted by Crippen LogP contribution is 2.18. The monoisotopic (exact) mass is 251 g/mol. The predicted octanol–water partition coefficient (Wildman–Crippen LogP) is 2.25. The molecule has 0 spiro atoms. The Labute approximate surface area is 108 Å². The molecule has 4 nitrogen and oxygen atoms in total. The average molecular weight is 251 g/mol. The highest BCUT2D eigenvalue weighted by Gasteiger charge is 2.15. The quantitative estimate of drug-likeness (QED) is 0.815. The normalized spacial score (nSPS) is 12.2. The van der Waals surface area contributed by atoms with E-state index in [-0.39, 0.29) is 17.7 Å². The van der Waals surface area contributed by atoms with Gasteiger partial charge in [-0.2, -0.15) is 0 Å². The summed E-state index contributed by atoms with van der Waals surface area (Å²) in [6.07, 6.45) is 1.82.